The number of aryl methyl sites for hydroxylation is 1. The van der Waals surface area contributed by atoms with Gasteiger partial charge in [0.05, 0.1) is 20.8 Å². The van der Waals surface area contributed by atoms with Gasteiger partial charge in [-0.15, -0.1) is 0 Å². The zero-order chi connectivity index (χ0) is 16.1. The molecule has 0 bridgehead atoms. The highest BCUT2D eigenvalue weighted by Gasteiger charge is 2.14. The molecule has 22 heavy (non-hydrogen) atoms. The molecule has 0 unspecified atom stereocenters. The Morgan fingerprint density at radius 2 is 2.14 bits per heavy atom. The molecule has 0 aliphatic carbocycles. The summed E-state index contributed by atoms with van der Waals surface area (Å²) in [4.78, 5) is 0. The van der Waals surface area contributed by atoms with Crippen LogP contribution in [0.25, 0.3) is 0 Å². The predicted octanol–water partition coefficient (Wildman–Crippen LogP) is 3.42. The number of benzene rings is 1. The molecule has 0 fully saturated rings. The van der Waals surface area contributed by atoms with Crippen molar-refractivity contribution < 1.29 is 9.47 Å². The number of aromatic amines is 1. The van der Waals surface area contributed by atoms with E-state index in [9.17, 15) is 0 Å². The van der Waals surface area contributed by atoms with Crippen LogP contribution in [0, 0.1) is 4.77 Å². The van der Waals surface area contributed by atoms with E-state index in [1.54, 1.807) is 18.9 Å². The van der Waals surface area contributed by atoms with Crippen molar-refractivity contribution >= 4 is 28.1 Å². The predicted molar refractivity (Wildman–Crippen MR) is 91.7 cm³/mol. The van der Waals surface area contributed by atoms with Crippen LogP contribution in [0.2, 0.25) is 0 Å². The third kappa shape index (κ3) is 3.44. The van der Waals surface area contributed by atoms with Gasteiger partial charge in [0, 0.05) is 16.5 Å². The summed E-state index contributed by atoms with van der Waals surface area (Å²) >= 11 is 8.81. The molecule has 8 heteroatoms. The minimum atomic E-state index is 0.519. The normalized spacial score (nSPS) is 10.5. The number of ether oxygens (including phenoxy) is 2. The van der Waals surface area contributed by atoms with Crippen LogP contribution in [0.15, 0.2) is 16.6 Å². The van der Waals surface area contributed by atoms with Gasteiger partial charge in [-0.3, -0.25) is 5.10 Å². The SMILES string of the molecule is CCCc1n[nH]c(=S)n1NCc1c(Br)ccc(OC)c1OC. The topological polar surface area (TPSA) is 64.1 Å². The molecule has 0 amide bonds. The molecular weight excluding hydrogens is 368 g/mol. The van der Waals surface area contributed by atoms with E-state index in [-0.39, 0.29) is 0 Å². The molecule has 2 N–H and O–H groups in total. The van der Waals surface area contributed by atoms with E-state index in [1.165, 1.54) is 0 Å². The number of nitrogens with one attached hydrogen (secondary N) is 2. The molecule has 0 radical (unpaired) electrons. The molecule has 0 aliphatic heterocycles. The van der Waals surface area contributed by atoms with Gasteiger partial charge in [0.2, 0.25) is 4.77 Å². The van der Waals surface area contributed by atoms with E-state index in [0.29, 0.717) is 22.8 Å². The van der Waals surface area contributed by atoms with Gasteiger partial charge in [0.25, 0.3) is 0 Å². The Hall–Kier alpha value is -1.54. The third-order valence-electron chi connectivity index (χ3n) is 3.22. The molecule has 1 aromatic heterocycles. The lowest BCUT2D eigenvalue weighted by molar-refractivity contribution is 0.351. The van der Waals surface area contributed by atoms with E-state index < -0.39 is 0 Å². The Morgan fingerprint density at radius 1 is 1.36 bits per heavy atom. The number of hydrogen-bond donors (Lipinski definition) is 2. The number of rotatable bonds is 7. The maximum atomic E-state index is 5.47. The fraction of sp³-hybridized carbons (Fsp3) is 0.429. The highest BCUT2D eigenvalue weighted by molar-refractivity contribution is 9.10. The van der Waals surface area contributed by atoms with Crippen molar-refractivity contribution in [2.24, 2.45) is 0 Å². The molecule has 1 heterocycles. The van der Waals surface area contributed by atoms with Crippen molar-refractivity contribution in [3.63, 3.8) is 0 Å². The minimum Gasteiger partial charge on any atom is -0.493 e. The van der Waals surface area contributed by atoms with Crippen LogP contribution in [0.3, 0.4) is 0 Å². The van der Waals surface area contributed by atoms with Crippen molar-refractivity contribution in [2.45, 2.75) is 26.3 Å². The molecule has 0 saturated carbocycles. The van der Waals surface area contributed by atoms with E-state index in [2.05, 4.69) is 38.5 Å². The lowest BCUT2D eigenvalue weighted by atomic mass is 10.2. The molecule has 0 saturated heterocycles. The number of aromatic nitrogens is 3. The fourth-order valence-corrected chi connectivity index (χ4v) is 2.84. The Kier molecular flexibility index (Phi) is 5.84. The summed E-state index contributed by atoms with van der Waals surface area (Å²) in [5, 5.41) is 7.04. The van der Waals surface area contributed by atoms with E-state index in [1.807, 2.05) is 12.1 Å². The van der Waals surface area contributed by atoms with Crippen molar-refractivity contribution in [1.82, 2.24) is 14.9 Å². The summed E-state index contributed by atoms with van der Waals surface area (Å²) in [6.45, 7) is 2.62. The molecule has 2 rings (SSSR count). The molecular formula is C14H19BrN4O2S. The second-order valence-electron chi connectivity index (χ2n) is 4.63. The lowest BCUT2D eigenvalue weighted by Crippen LogP contribution is -2.18. The highest BCUT2D eigenvalue weighted by Crippen LogP contribution is 2.36. The quantitative estimate of drug-likeness (QED) is 0.713. The van der Waals surface area contributed by atoms with Gasteiger partial charge in [-0.05, 0) is 30.8 Å². The first-order valence-corrected chi connectivity index (χ1v) is 8.12. The van der Waals surface area contributed by atoms with Gasteiger partial charge in [-0.2, -0.15) is 5.10 Å². The summed E-state index contributed by atoms with van der Waals surface area (Å²) in [6, 6.07) is 3.79. The van der Waals surface area contributed by atoms with Crippen molar-refractivity contribution in [2.75, 3.05) is 19.6 Å². The van der Waals surface area contributed by atoms with Crippen molar-refractivity contribution in [3.8, 4) is 11.5 Å². The average Bonchev–Trinajstić information content (AvgIpc) is 2.86. The van der Waals surface area contributed by atoms with Gasteiger partial charge in [-0.25, -0.2) is 4.68 Å². The largest absolute Gasteiger partial charge is 0.493 e. The van der Waals surface area contributed by atoms with Crippen LogP contribution in [-0.4, -0.2) is 29.1 Å². The molecule has 1 aromatic carbocycles. The number of hydrogen-bond acceptors (Lipinski definition) is 5. The van der Waals surface area contributed by atoms with E-state index in [0.717, 1.165) is 28.7 Å². The monoisotopic (exact) mass is 386 g/mol. The average molecular weight is 387 g/mol. The van der Waals surface area contributed by atoms with Crippen molar-refractivity contribution in [3.05, 3.63) is 32.8 Å². The first kappa shape index (κ1) is 16.8. The van der Waals surface area contributed by atoms with Crippen LogP contribution < -0.4 is 14.9 Å². The highest BCUT2D eigenvalue weighted by atomic mass is 79.9. The van der Waals surface area contributed by atoms with E-state index in [4.69, 9.17) is 21.7 Å². The van der Waals surface area contributed by atoms with Crippen molar-refractivity contribution in [1.29, 1.82) is 0 Å². The first-order valence-electron chi connectivity index (χ1n) is 6.91. The third-order valence-corrected chi connectivity index (χ3v) is 4.24. The first-order chi connectivity index (χ1) is 10.6. The van der Waals surface area contributed by atoms with Crippen LogP contribution in [-0.2, 0) is 13.0 Å². The summed E-state index contributed by atoms with van der Waals surface area (Å²) in [7, 11) is 3.24. The smallest absolute Gasteiger partial charge is 0.214 e. The number of nitrogens with zero attached hydrogens (tertiary/aromatic N) is 2. The standard InChI is InChI=1S/C14H19BrN4O2S/c1-4-5-12-17-18-14(22)19(12)16-8-9-10(15)6-7-11(20-2)13(9)21-3/h6-7,16H,4-5,8H2,1-3H3,(H,18,22). The van der Waals surface area contributed by atoms with Crippen LogP contribution in [0.5, 0.6) is 11.5 Å². The molecule has 120 valence electrons. The van der Waals surface area contributed by atoms with Gasteiger partial charge in [0.1, 0.15) is 0 Å². The second-order valence-corrected chi connectivity index (χ2v) is 5.87. The Bertz CT molecular complexity index is 699. The zero-order valence-corrected chi connectivity index (χ0v) is 15.2. The van der Waals surface area contributed by atoms with Crippen LogP contribution in [0.4, 0.5) is 0 Å². The Balaban J connectivity index is 2.29. The number of H-pyrrole nitrogens is 1. The van der Waals surface area contributed by atoms with Crippen LogP contribution in [0.1, 0.15) is 24.7 Å². The van der Waals surface area contributed by atoms with Gasteiger partial charge in [0.15, 0.2) is 17.3 Å². The fourth-order valence-electron chi connectivity index (χ4n) is 2.17. The molecule has 0 aliphatic rings. The van der Waals surface area contributed by atoms with Gasteiger partial charge in [-0.1, -0.05) is 22.9 Å². The number of methoxy groups -OCH3 is 2. The zero-order valence-electron chi connectivity index (χ0n) is 12.8. The molecule has 0 spiro atoms. The molecule has 0 atom stereocenters. The summed E-state index contributed by atoms with van der Waals surface area (Å²) < 4.78 is 14.1. The van der Waals surface area contributed by atoms with Gasteiger partial charge >= 0.3 is 0 Å². The van der Waals surface area contributed by atoms with Gasteiger partial charge < -0.3 is 14.9 Å². The second kappa shape index (κ2) is 7.64. The maximum Gasteiger partial charge on any atom is 0.214 e. The summed E-state index contributed by atoms with van der Waals surface area (Å²) in [6.07, 6.45) is 1.84. The summed E-state index contributed by atoms with van der Waals surface area (Å²) in [5.41, 5.74) is 4.23. The Morgan fingerprint density at radius 3 is 2.77 bits per heavy atom. The summed E-state index contributed by atoms with van der Waals surface area (Å²) in [5.74, 6) is 2.26. The maximum absolute atomic E-state index is 5.47. The molecule has 2 aromatic rings. The van der Waals surface area contributed by atoms with Crippen LogP contribution >= 0.6 is 28.1 Å². The lowest BCUT2D eigenvalue weighted by Gasteiger charge is -2.16. The molecule has 6 nitrogen and oxygen atoms in total. The van der Waals surface area contributed by atoms with E-state index >= 15 is 0 Å². The Labute approximate surface area is 142 Å². The number of halogens is 1. The minimum absolute atomic E-state index is 0.519.